The summed E-state index contributed by atoms with van der Waals surface area (Å²) in [6.07, 6.45) is 3.53. The van der Waals surface area contributed by atoms with Crippen molar-refractivity contribution in [2.75, 3.05) is 5.32 Å². The Balaban J connectivity index is 1.20. The standard InChI is InChI=1S/C21H23F3N6O/c22-21(23,24)16-11-30-17(2-1-3-18(30)28-16)26-13-6-8-14(9-7-13)27-20(31)15-10-25-29-19(15)12-4-5-12/h1-3,10-14,26H,4-9H2,(H,25,29)(H,27,31)/t13-,14+. The third kappa shape index (κ3) is 4.11. The molecule has 2 aliphatic carbocycles. The Bertz CT molecular complexity index is 1090. The van der Waals surface area contributed by atoms with Gasteiger partial charge in [0.1, 0.15) is 11.5 Å². The minimum Gasteiger partial charge on any atom is -0.368 e. The number of carbonyl (C=O) groups is 1. The molecule has 0 bridgehead atoms. The average molecular weight is 432 g/mol. The van der Waals surface area contributed by atoms with Crippen molar-refractivity contribution >= 4 is 17.4 Å². The summed E-state index contributed by atoms with van der Waals surface area (Å²) in [4.78, 5) is 16.3. The zero-order chi connectivity index (χ0) is 21.6. The number of pyridine rings is 1. The lowest BCUT2D eigenvalue weighted by molar-refractivity contribution is -0.140. The van der Waals surface area contributed by atoms with Gasteiger partial charge in [-0.2, -0.15) is 18.3 Å². The van der Waals surface area contributed by atoms with Gasteiger partial charge in [-0.25, -0.2) is 4.98 Å². The number of nitrogens with one attached hydrogen (secondary N) is 3. The summed E-state index contributed by atoms with van der Waals surface area (Å²) in [6, 6.07) is 5.19. The molecule has 10 heteroatoms. The van der Waals surface area contributed by atoms with Crippen LogP contribution in [0, 0.1) is 0 Å². The molecule has 3 aromatic rings. The first-order valence-corrected chi connectivity index (χ1v) is 10.5. The minimum absolute atomic E-state index is 0.0772. The Morgan fingerprint density at radius 3 is 2.55 bits per heavy atom. The average Bonchev–Trinajstić information content (AvgIpc) is 3.27. The third-order valence-corrected chi connectivity index (χ3v) is 6.10. The maximum absolute atomic E-state index is 13.0. The van der Waals surface area contributed by atoms with E-state index in [0.29, 0.717) is 17.3 Å². The molecule has 2 saturated carbocycles. The summed E-state index contributed by atoms with van der Waals surface area (Å²) < 4.78 is 40.4. The maximum atomic E-state index is 13.0. The van der Waals surface area contributed by atoms with Crippen molar-refractivity contribution in [2.45, 2.75) is 62.7 Å². The van der Waals surface area contributed by atoms with E-state index in [4.69, 9.17) is 0 Å². The van der Waals surface area contributed by atoms with Gasteiger partial charge in [0.2, 0.25) is 0 Å². The van der Waals surface area contributed by atoms with Crippen LogP contribution in [0.1, 0.15) is 66.2 Å². The molecule has 164 valence electrons. The van der Waals surface area contributed by atoms with E-state index >= 15 is 0 Å². The molecule has 3 aromatic heterocycles. The van der Waals surface area contributed by atoms with Crippen molar-refractivity contribution in [3.05, 3.63) is 47.5 Å². The van der Waals surface area contributed by atoms with E-state index in [2.05, 4.69) is 25.8 Å². The smallest absolute Gasteiger partial charge is 0.368 e. The summed E-state index contributed by atoms with van der Waals surface area (Å²) in [5, 5.41) is 13.4. The molecule has 0 spiro atoms. The van der Waals surface area contributed by atoms with Gasteiger partial charge >= 0.3 is 6.18 Å². The number of aromatic nitrogens is 4. The number of carbonyl (C=O) groups excluding carboxylic acids is 1. The minimum atomic E-state index is -4.48. The number of amides is 1. The number of anilines is 1. The lowest BCUT2D eigenvalue weighted by atomic mass is 9.91. The Labute approximate surface area is 176 Å². The topological polar surface area (TPSA) is 87.1 Å². The van der Waals surface area contributed by atoms with E-state index in [1.807, 2.05) is 0 Å². The van der Waals surface area contributed by atoms with E-state index in [1.165, 1.54) is 4.40 Å². The molecule has 0 saturated heterocycles. The number of halogens is 3. The monoisotopic (exact) mass is 432 g/mol. The van der Waals surface area contributed by atoms with Gasteiger partial charge in [0, 0.05) is 24.2 Å². The number of imidazole rings is 1. The number of rotatable bonds is 5. The van der Waals surface area contributed by atoms with Gasteiger partial charge in [-0.3, -0.25) is 14.3 Å². The van der Waals surface area contributed by atoms with Gasteiger partial charge in [0.05, 0.1) is 17.5 Å². The van der Waals surface area contributed by atoms with Gasteiger partial charge in [0.15, 0.2) is 5.69 Å². The number of nitrogens with zero attached hydrogens (tertiary/aromatic N) is 3. The van der Waals surface area contributed by atoms with Crippen LogP contribution in [-0.4, -0.2) is 37.6 Å². The van der Waals surface area contributed by atoms with E-state index in [9.17, 15) is 18.0 Å². The number of fused-ring (bicyclic) bond motifs is 1. The fourth-order valence-corrected chi connectivity index (χ4v) is 4.28. The number of aromatic amines is 1. The highest BCUT2D eigenvalue weighted by atomic mass is 19.4. The zero-order valence-electron chi connectivity index (χ0n) is 16.7. The van der Waals surface area contributed by atoms with Crippen molar-refractivity contribution in [1.29, 1.82) is 0 Å². The van der Waals surface area contributed by atoms with Crippen LogP contribution in [0.2, 0.25) is 0 Å². The van der Waals surface area contributed by atoms with Gasteiger partial charge in [-0.1, -0.05) is 6.07 Å². The van der Waals surface area contributed by atoms with Crippen molar-refractivity contribution in [1.82, 2.24) is 24.9 Å². The number of hydrogen-bond acceptors (Lipinski definition) is 4. The molecule has 2 fully saturated rings. The third-order valence-electron chi connectivity index (χ3n) is 6.10. The molecule has 0 atom stereocenters. The molecule has 0 aliphatic heterocycles. The molecule has 0 radical (unpaired) electrons. The van der Waals surface area contributed by atoms with Crippen LogP contribution in [0.4, 0.5) is 19.0 Å². The van der Waals surface area contributed by atoms with Gasteiger partial charge < -0.3 is 10.6 Å². The molecule has 5 rings (SSSR count). The molecular weight excluding hydrogens is 409 g/mol. The molecule has 3 N–H and O–H groups in total. The highest BCUT2D eigenvalue weighted by molar-refractivity contribution is 5.95. The Morgan fingerprint density at radius 2 is 1.84 bits per heavy atom. The summed E-state index contributed by atoms with van der Waals surface area (Å²) in [5.74, 6) is 0.919. The predicted molar refractivity (Wildman–Crippen MR) is 108 cm³/mol. The quantitative estimate of drug-likeness (QED) is 0.566. The van der Waals surface area contributed by atoms with Crippen molar-refractivity contribution < 1.29 is 18.0 Å². The highest BCUT2D eigenvalue weighted by Gasteiger charge is 2.34. The summed E-state index contributed by atoms with van der Waals surface area (Å²) in [6.45, 7) is 0. The number of alkyl halides is 3. The first-order chi connectivity index (χ1) is 14.9. The van der Waals surface area contributed by atoms with Gasteiger partial charge in [-0.15, -0.1) is 0 Å². The molecule has 2 aliphatic rings. The SMILES string of the molecule is O=C(N[C@H]1CC[C@@H](Nc2cccc3nc(C(F)(F)F)cn23)CC1)c1cn[nH]c1C1CC1. The van der Waals surface area contributed by atoms with Crippen molar-refractivity contribution in [2.24, 2.45) is 0 Å². The number of H-pyrrole nitrogens is 1. The van der Waals surface area contributed by atoms with Crippen molar-refractivity contribution in [3.8, 4) is 0 Å². The molecule has 31 heavy (non-hydrogen) atoms. The molecule has 0 aromatic carbocycles. The van der Waals surface area contributed by atoms with Crippen LogP contribution in [0.3, 0.4) is 0 Å². The van der Waals surface area contributed by atoms with E-state index < -0.39 is 11.9 Å². The van der Waals surface area contributed by atoms with Gasteiger partial charge in [-0.05, 0) is 50.7 Å². The highest BCUT2D eigenvalue weighted by Crippen LogP contribution is 2.40. The largest absolute Gasteiger partial charge is 0.434 e. The van der Waals surface area contributed by atoms with Crippen LogP contribution in [-0.2, 0) is 6.18 Å². The first kappa shape index (κ1) is 19.9. The van der Waals surface area contributed by atoms with E-state index in [-0.39, 0.29) is 23.6 Å². The van der Waals surface area contributed by atoms with Crippen LogP contribution in [0.25, 0.3) is 5.65 Å². The molecule has 3 heterocycles. The molecule has 0 unspecified atom stereocenters. The summed E-state index contributed by atoms with van der Waals surface area (Å²) >= 11 is 0. The second-order valence-electron chi connectivity index (χ2n) is 8.40. The van der Waals surface area contributed by atoms with E-state index in [0.717, 1.165) is 50.4 Å². The van der Waals surface area contributed by atoms with Crippen LogP contribution in [0.15, 0.2) is 30.6 Å². The Hall–Kier alpha value is -3.04. The molecular formula is C21H23F3N6O. The fraction of sp³-hybridized carbons (Fsp3) is 0.476. The Kier molecular flexibility index (Phi) is 4.86. The zero-order valence-corrected chi connectivity index (χ0v) is 16.7. The Morgan fingerprint density at radius 1 is 1.10 bits per heavy atom. The lowest BCUT2D eigenvalue weighted by Crippen LogP contribution is -2.40. The second-order valence-corrected chi connectivity index (χ2v) is 8.40. The maximum Gasteiger partial charge on any atom is 0.434 e. The summed E-state index contributed by atoms with van der Waals surface area (Å²) in [7, 11) is 0. The van der Waals surface area contributed by atoms with Crippen LogP contribution in [0.5, 0.6) is 0 Å². The van der Waals surface area contributed by atoms with Gasteiger partial charge in [0.25, 0.3) is 5.91 Å². The predicted octanol–water partition coefficient (Wildman–Crippen LogP) is 4.11. The first-order valence-electron chi connectivity index (χ1n) is 10.5. The van der Waals surface area contributed by atoms with Crippen LogP contribution >= 0.6 is 0 Å². The fourth-order valence-electron chi connectivity index (χ4n) is 4.28. The van der Waals surface area contributed by atoms with Crippen LogP contribution < -0.4 is 10.6 Å². The van der Waals surface area contributed by atoms with E-state index in [1.54, 1.807) is 24.4 Å². The normalized spacial score (nSPS) is 21.9. The lowest BCUT2D eigenvalue weighted by Gasteiger charge is -2.30. The number of hydrogen-bond donors (Lipinski definition) is 3. The molecule has 7 nitrogen and oxygen atoms in total. The second kappa shape index (κ2) is 7.58. The van der Waals surface area contributed by atoms with Crippen molar-refractivity contribution in [3.63, 3.8) is 0 Å². The molecule has 1 amide bonds. The summed E-state index contributed by atoms with van der Waals surface area (Å²) in [5.41, 5.74) is 0.914.